The standard InChI is InChI=1S/C24H21N3O3/c28-23(15-12-18-16-25-22-9-5-4-8-21(18)22)26-27-24(29)17-10-13-20(14-11-17)30-19-6-2-1-3-7-19/h1-11,13-14,16,25H,12,15H2,(H,26,28)(H,27,29). The van der Waals surface area contributed by atoms with E-state index in [4.69, 9.17) is 4.74 Å². The number of para-hydroxylation sites is 2. The molecule has 0 fully saturated rings. The zero-order chi connectivity index (χ0) is 20.8. The Morgan fingerprint density at radius 1 is 0.800 bits per heavy atom. The van der Waals surface area contributed by atoms with Crippen molar-refractivity contribution in [2.24, 2.45) is 0 Å². The molecule has 4 aromatic rings. The largest absolute Gasteiger partial charge is 0.457 e. The van der Waals surface area contributed by atoms with Crippen LogP contribution in [0.5, 0.6) is 11.5 Å². The van der Waals surface area contributed by atoms with E-state index in [-0.39, 0.29) is 18.2 Å². The number of H-pyrrole nitrogens is 1. The van der Waals surface area contributed by atoms with Gasteiger partial charge in [-0.05, 0) is 54.4 Å². The molecule has 1 heterocycles. The maximum Gasteiger partial charge on any atom is 0.269 e. The Bertz CT molecular complexity index is 1150. The molecule has 0 saturated heterocycles. The lowest BCUT2D eigenvalue weighted by molar-refractivity contribution is -0.121. The Morgan fingerprint density at radius 3 is 2.30 bits per heavy atom. The normalized spacial score (nSPS) is 10.5. The van der Waals surface area contributed by atoms with Crippen LogP contribution >= 0.6 is 0 Å². The van der Waals surface area contributed by atoms with Crippen molar-refractivity contribution < 1.29 is 14.3 Å². The summed E-state index contributed by atoms with van der Waals surface area (Å²) in [5.74, 6) is 0.706. The molecule has 4 rings (SSSR count). The maximum atomic E-state index is 12.3. The highest BCUT2D eigenvalue weighted by atomic mass is 16.5. The second kappa shape index (κ2) is 8.96. The molecule has 3 N–H and O–H groups in total. The molecular formula is C24H21N3O3. The molecule has 0 saturated carbocycles. The van der Waals surface area contributed by atoms with Crippen molar-refractivity contribution in [2.45, 2.75) is 12.8 Å². The van der Waals surface area contributed by atoms with Crippen LogP contribution in [0.15, 0.2) is 85.1 Å². The van der Waals surface area contributed by atoms with Crippen LogP contribution in [0.25, 0.3) is 10.9 Å². The first-order chi connectivity index (χ1) is 14.7. The first-order valence-electron chi connectivity index (χ1n) is 9.66. The number of aromatic amines is 1. The van der Waals surface area contributed by atoms with Crippen LogP contribution in [0.2, 0.25) is 0 Å². The first kappa shape index (κ1) is 19.3. The van der Waals surface area contributed by atoms with Crippen molar-refractivity contribution in [2.75, 3.05) is 0 Å². The van der Waals surface area contributed by atoms with E-state index < -0.39 is 0 Å². The molecule has 30 heavy (non-hydrogen) atoms. The molecule has 0 aliphatic rings. The Kier molecular flexibility index (Phi) is 5.75. The van der Waals surface area contributed by atoms with Gasteiger partial charge in [0.15, 0.2) is 0 Å². The number of fused-ring (bicyclic) bond motifs is 1. The van der Waals surface area contributed by atoms with Crippen LogP contribution in [0, 0.1) is 0 Å². The summed E-state index contributed by atoms with van der Waals surface area (Å²) in [4.78, 5) is 27.6. The summed E-state index contributed by atoms with van der Waals surface area (Å²) in [5.41, 5.74) is 7.45. The SMILES string of the molecule is O=C(CCc1c[nH]c2ccccc12)NNC(=O)c1ccc(Oc2ccccc2)cc1. The number of hydrogen-bond donors (Lipinski definition) is 3. The van der Waals surface area contributed by atoms with Gasteiger partial charge in [-0.15, -0.1) is 0 Å². The molecule has 3 aromatic carbocycles. The second-order valence-electron chi connectivity index (χ2n) is 6.80. The number of hydrogen-bond acceptors (Lipinski definition) is 3. The van der Waals surface area contributed by atoms with Gasteiger partial charge in [0, 0.05) is 29.1 Å². The molecule has 2 amide bonds. The van der Waals surface area contributed by atoms with Gasteiger partial charge in [0.2, 0.25) is 5.91 Å². The van der Waals surface area contributed by atoms with Gasteiger partial charge in [0.25, 0.3) is 5.91 Å². The number of nitrogens with one attached hydrogen (secondary N) is 3. The summed E-state index contributed by atoms with van der Waals surface area (Å²) in [5, 5.41) is 1.10. The fourth-order valence-electron chi connectivity index (χ4n) is 3.15. The number of carbonyl (C=O) groups excluding carboxylic acids is 2. The fraction of sp³-hybridized carbons (Fsp3) is 0.0833. The van der Waals surface area contributed by atoms with Gasteiger partial charge in [-0.2, -0.15) is 0 Å². The van der Waals surface area contributed by atoms with E-state index in [2.05, 4.69) is 15.8 Å². The Morgan fingerprint density at radius 2 is 1.50 bits per heavy atom. The predicted octanol–water partition coefficient (Wildman–Crippen LogP) is 4.35. The van der Waals surface area contributed by atoms with Crippen molar-refractivity contribution in [1.29, 1.82) is 0 Å². The highest BCUT2D eigenvalue weighted by Gasteiger charge is 2.10. The summed E-state index contributed by atoms with van der Waals surface area (Å²) < 4.78 is 5.71. The molecule has 6 heteroatoms. The third-order valence-corrected chi connectivity index (χ3v) is 4.71. The zero-order valence-corrected chi connectivity index (χ0v) is 16.2. The fourth-order valence-corrected chi connectivity index (χ4v) is 3.15. The van der Waals surface area contributed by atoms with Gasteiger partial charge in [-0.1, -0.05) is 36.4 Å². The number of rotatable bonds is 6. The molecule has 1 aromatic heterocycles. The molecule has 0 bridgehead atoms. The topological polar surface area (TPSA) is 83.2 Å². The van der Waals surface area contributed by atoms with Crippen molar-refractivity contribution in [1.82, 2.24) is 15.8 Å². The lowest BCUT2D eigenvalue weighted by atomic mass is 10.1. The molecule has 150 valence electrons. The van der Waals surface area contributed by atoms with Crippen molar-refractivity contribution in [3.63, 3.8) is 0 Å². The highest BCUT2D eigenvalue weighted by Crippen LogP contribution is 2.21. The van der Waals surface area contributed by atoms with E-state index in [1.165, 1.54) is 0 Å². The van der Waals surface area contributed by atoms with Crippen molar-refractivity contribution in [3.8, 4) is 11.5 Å². The van der Waals surface area contributed by atoms with Crippen LogP contribution in [-0.2, 0) is 11.2 Å². The van der Waals surface area contributed by atoms with Crippen LogP contribution < -0.4 is 15.6 Å². The summed E-state index contributed by atoms with van der Waals surface area (Å²) in [6, 6.07) is 24.0. The van der Waals surface area contributed by atoms with Crippen LogP contribution in [0.3, 0.4) is 0 Å². The minimum absolute atomic E-state index is 0.252. The Balaban J connectivity index is 1.26. The van der Waals surface area contributed by atoms with Gasteiger partial charge in [0.1, 0.15) is 11.5 Å². The van der Waals surface area contributed by atoms with E-state index in [1.807, 2.05) is 60.8 Å². The van der Waals surface area contributed by atoms with Crippen LogP contribution in [0.1, 0.15) is 22.3 Å². The number of carbonyl (C=O) groups is 2. The summed E-state index contributed by atoms with van der Waals surface area (Å²) >= 11 is 0. The Hall–Kier alpha value is -4.06. The third kappa shape index (κ3) is 4.67. The molecule has 6 nitrogen and oxygen atoms in total. The average molecular weight is 399 g/mol. The number of amides is 2. The van der Waals surface area contributed by atoms with Crippen LogP contribution in [-0.4, -0.2) is 16.8 Å². The van der Waals surface area contributed by atoms with E-state index in [0.29, 0.717) is 17.7 Å². The summed E-state index contributed by atoms with van der Waals surface area (Å²) in [6.45, 7) is 0. The number of hydrazine groups is 1. The highest BCUT2D eigenvalue weighted by molar-refractivity contribution is 5.95. The molecule has 0 aliphatic heterocycles. The lowest BCUT2D eigenvalue weighted by Crippen LogP contribution is -2.41. The molecular weight excluding hydrogens is 378 g/mol. The number of aryl methyl sites for hydroxylation is 1. The molecule has 0 spiro atoms. The van der Waals surface area contributed by atoms with Crippen LogP contribution in [0.4, 0.5) is 0 Å². The zero-order valence-electron chi connectivity index (χ0n) is 16.2. The predicted molar refractivity (Wildman–Crippen MR) is 115 cm³/mol. The van der Waals surface area contributed by atoms with E-state index in [9.17, 15) is 9.59 Å². The monoisotopic (exact) mass is 399 g/mol. The number of benzene rings is 3. The quantitative estimate of drug-likeness (QED) is 0.422. The van der Waals surface area contributed by atoms with Gasteiger partial charge < -0.3 is 9.72 Å². The first-order valence-corrected chi connectivity index (χ1v) is 9.66. The van der Waals surface area contributed by atoms with E-state index in [1.54, 1.807) is 24.3 Å². The average Bonchev–Trinajstić information content (AvgIpc) is 3.20. The minimum Gasteiger partial charge on any atom is -0.457 e. The summed E-state index contributed by atoms with van der Waals surface area (Å²) in [6.07, 6.45) is 2.76. The minimum atomic E-state index is -0.387. The van der Waals surface area contributed by atoms with Crippen molar-refractivity contribution >= 4 is 22.7 Å². The molecule has 0 unspecified atom stereocenters. The van der Waals surface area contributed by atoms with Gasteiger partial charge in [-0.25, -0.2) is 0 Å². The Labute approximate surface area is 173 Å². The van der Waals surface area contributed by atoms with E-state index in [0.717, 1.165) is 22.2 Å². The van der Waals surface area contributed by atoms with Gasteiger partial charge in [-0.3, -0.25) is 20.4 Å². The third-order valence-electron chi connectivity index (χ3n) is 4.71. The molecule has 0 atom stereocenters. The van der Waals surface area contributed by atoms with E-state index >= 15 is 0 Å². The second-order valence-corrected chi connectivity index (χ2v) is 6.80. The van der Waals surface area contributed by atoms with Gasteiger partial charge in [0.05, 0.1) is 0 Å². The summed E-state index contributed by atoms with van der Waals surface area (Å²) in [7, 11) is 0. The van der Waals surface area contributed by atoms with Crippen molar-refractivity contribution in [3.05, 3.63) is 96.2 Å². The number of aromatic nitrogens is 1. The molecule has 0 radical (unpaired) electrons. The molecule has 0 aliphatic carbocycles. The number of ether oxygens (including phenoxy) is 1. The lowest BCUT2D eigenvalue weighted by Gasteiger charge is -2.09. The maximum absolute atomic E-state index is 12.3. The smallest absolute Gasteiger partial charge is 0.269 e. The van der Waals surface area contributed by atoms with Gasteiger partial charge >= 0.3 is 0 Å².